The quantitative estimate of drug-likeness (QED) is 0.334. The average molecular weight is 508 g/mol. The topological polar surface area (TPSA) is 111 Å². The summed E-state index contributed by atoms with van der Waals surface area (Å²) in [5.41, 5.74) is 7.43. The lowest BCUT2D eigenvalue weighted by molar-refractivity contribution is 0.101. The number of fused-ring (bicyclic) bond motifs is 1. The Labute approximate surface area is 215 Å². The van der Waals surface area contributed by atoms with Gasteiger partial charge in [0.1, 0.15) is 11.3 Å². The Kier molecular flexibility index (Phi) is 7.28. The van der Waals surface area contributed by atoms with Gasteiger partial charge < -0.3 is 10.6 Å². The Morgan fingerprint density at radius 2 is 1.91 bits per heavy atom. The second kappa shape index (κ2) is 9.85. The van der Waals surface area contributed by atoms with Crippen molar-refractivity contribution in [3.05, 3.63) is 76.1 Å². The number of nitrogen functional groups attached to an aromatic ring is 1. The van der Waals surface area contributed by atoms with E-state index in [0.29, 0.717) is 40.5 Å². The molecule has 1 aromatic carbocycles. The fourth-order valence-electron chi connectivity index (χ4n) is 4.38. The molecule has 0 radical (unpaired) electrons. The van der Waals surface area contributed by atoms with Gasteiger partial charge in [-0.25, -0.2) is 9.50 Å². The van der Waals surface area contributed by atoms with E-state index in [1.165, 1.54) is 17.6 Å². The lowest BCUT2D eigenvalue weighted by Crippen LogP contribution is -2.52. The van der Waals surface area contributed by atoms with Crippen LogP contribution in [0.3, 0.4) is 0 Å². The highest BCUT2D eigenvalue weighted by atomic mass is 32.1. The maximum absolute atomic E-state index is 13.7. The molecule has 0 bridgehead atoms. The molecule has 35 heavy (non-hydrogen) atoms. The van der Waals surface area contributed by atoms with E-state index in [2.05, 4.69) is 22.8 Å². The zero-order valence-corrected chi connectivity index (χ0v) is 21.1. The number of carbonyl (C=O) groups excluding carboxylic acids is 1. The Balaban J connectivity index is 0.00000171. The number of ketones is 1. The first kappa shape index (κ1) is 25.9. The predicted octanol–water partition coefficient (Wildman–Crippen LogP) is 2.46. The van der Waals surface area contributed by atoms with Crippen LogP contribution >= 0.6 is 27.0 Å². The Morgan fingerprint density at radius 1 is 1.20 bits per heavy atom. The molecule has 9 nitrogen and oxygen atoms in total. The number of rotatable bonds is 4. The third-order valence-electron chi connectivity index (χ3n) is 5.94. The summed E-state index contributed by atoms with van der Waals surface area (Å²) in [5.74, 6) is 3.54. The maximum atomic E-state index is 13.7. The molecule has 180 valence electrons. The Bertz CT molecular complexity index is 1510. The van der Waals surface area contributed by atoms with Crippen LogP contribution in [0.25, 0.3) is 11.2 Å². The van der Waals surface area contributed by atoms with Crippen molar-refractivity contribution in [3.63, 3.8) is 0 Å². The summed E-state index contributed by atoms with van der Waals surface area (Å²) >= 11 is 0. The standard InChI is InChI=1S/C24H21N7O2.2H2S/c1-4-16-10-11-30-20(16)23(33)31(17-8-6-5-7-9-17)22(28-30)19-14(2)13-29(19)21-18(15(3)32)12-26-24(25)27-21;;/h1,5-12,14,19H,13H2,2-3H3,(H2,25,26,27);2*1H2/t14-,19-;;/m0../s1. The van der Waals surface area contributed by atoms with Gasteiger partial charge in [-0.05, 0) is 25.1 Å². The first-order valence-electron chi connectivity index (χ1n) is 10.5. The van der Waals surface area contributed by atoms with Crippen LogP contribution in [-0.4, -0.2) is 36.5 Å². The van der Waals surface area contributed by atoms with Gasteiger partial charge in [0, 0.05) is 24.9 Å². The minimum atomic E-state index is -0.327. The highest BCUT2D eigenvalue weighted by Crippen LogP contribution is 2.42. The van der Waals surface area contributed by atoms with E-state index < -0.39 is 0 Å². The molecule has 2 N–H and O–H groups in total. The molecule has 1 aliphatic rings. The first-order valence-corrected chi connectivity index (χ1v) is 10.5. The summed E-state index contributed by atoms with van der Waals surface area (Å²) in [7, 11) is 0. The van der Waals surface area contributed by atoms with Crippen LogP contribution in [0.4, 0.5) is 11.8 Å². The van der Waals surface area contributed by atoms with Crippen LogP contribution in [-0.2, 0) is 0 Å². The summed E-state index contributed by atoms with van der Waals surface area (Å²) < 4.78 is 3.11. The summed E-state index contributed by atoms with van der Waals surface area (Å²) in [6.45, 7) is 4.14. The largest absolute Gasteiger partial charge is 0.368 e. The van der Waals surface area contributed by atoms with Gasteiger partial charge in [0.15, 0.2) is 11.6 Å². The van der Waals surface area contributed by atoms with Crippen molar-refractivity contribution in [2.24, 2.45) is 5.92 Å². The molecule has 11 heteroatoms. The van der Waals surface area contributed by atoms with Crippen LogP contribution in [0, 0.1) is 18.3 Å². The van der Waals surface area contributed by atoms with Crippen LogP contribution in [0.5, 0.6) is 0 Å². The van der Waals surface area contributed by atoms with E-state index in [4.69, 9.17) is 17.3 Å². The lowest BCUT2D eigenvalue weighted by atomic mass is 9.88. The molecule has 0 saturated carbocycles. The van der Waals surface area contributed by atoms with Gasteiger partial charge in [-0.15, -0.1) is 6.42 Å². The van der Waals surface area contributed by atoms with Gasteiger partial charge >= 0.3 is 0 Å². The van der Waals surface area contributed by atoms with Gasteiger partial charge in [0.05, 0.1) is 22.9 Å². The third-order valence-corrected chi connectivity index (χ3v) is 5.94. The normalized spacial score (nSPS) is 16.5. The van der Waals surface area contributed by atoms with E-state index >= 15 is 0 Å². The number of hydrogen-bond acceptors (Lipinski definition) is 7. The molecule has 1 saturated heterocycles. The number of carbonyl (C=O) groups is 1. The fraction of sp³-hybridized carbons (Fsp3) is 0.208. The molecule has 4 aromatic rings. The summed E-state index contributed by atoms with van der Waals surface area (Å²) in [6.07, 6.45) is 8.75. The highest BCUT2D eigenvalue weighted by Gasteiger charge is 2.43. The van der Waals surface area contributed by atoms with Gasteiger partial charge in [-0.3, -0.25) is 14.2 Å². The zero-order valence-electron chi connectivity index (χ0n) is 19.1. The fourth-order valence-corrected chi connectivity index (χ4v) is 4.38. The van der Waals surface area contributed by atoms with Crippen molar-refractivity contribution in [1.82, 2.24) is 24.1 Å². The van der Waals surface area contributed by atoms with Crippen LogP contribution in [0.1, 0.15) is 41.6 Å². The number of Topliss-reactive ketones (excluding diaryl/α,β-unsaturated/α-hetero) is 1. The highest BCUT2D eigenvalue weighted by molar-refractivity contribution is 7.59. The zero-order chi connectivity index (χ0) is 23.3. The van der Waals surface area contributed by atoms with Gasteiger partial charge in [0.25, 0.3) is 5.56 Å². The molecule has 3 aromatic heterocycles. The number of terminal acetylenes is 1. The molecule has 1 fully saturated rings. The van der Waals surface area contributed by atoms with Crippen LogP contribution < -0.4 is 16.2 Å². The molecule has 4 heterocycles. The second-order valence-corrected chi connectivity index (χ2v) is 8.10. The number of aromatic nitrogens is 5. The number of nitrogens with zero attached hydrogens (tertiary/aromatic N) is 6. The molecule has 0 aliphatic carbocycles. The van der Waals surface area contributed by atoms with Crippen molar-refractivity contribution in [1.29, 1.82) is 0 Å². The molecule has 0 amide bonds. The summed E-state index contributed by atoms with van der Waals surface area (Å²) in [6, 6.07) is 10.7. The minimum absolute atomic E-state index is 0. The molecule has 2 atom stereocenters. The van der Waals surface area contributed by atoms with E-state index in [-0.39, 0.29) is 56.2 Å². The van der Waals surface area contributed by atoms with Crippen molar-refractivity contribution in [2.45, 2.75) is 19.9 Å². The minimum Gasteiger partial charge on any atom is -0.368 e. The lowest BCUT2D eigenvalue weighted by Gasteiger charge is -2.47. The molecular weight excluding hydrogens is 482 g/mol. The smallest absolute Gasteiger partial charge is 0.283 e. The molecule has 0 spiro atoms. The van der Waals surface area contributed by atoms with E-state index in [1.54, 1.807) is 16.8 Å². The van der Waals surface area contributed by atoms with Crippen LogP contribution in [0.2, 0.25) is 0 Å². The second-order valence-electron chi connectivity index (χ2n) is 8.10. The summed E-state index contributed by atoms with van der Waals surface area (Å²) in [5, 5.41) is 4.81. The maximum Gasteiger partial charge on any atom is 0.283 e. The van der Waals surface area contributed by atoms with Crippen molar-refractivity contribution in [2.75, 3.05) is 17.2 Å². The number of anilines is 2. The molecule has 5 rings (SSSR count). The van der Waals surface area contributed by atoms with Crippen molar-refractivity contribution >= 4 is 50.1 Å². The Hall–Kier alpha value is -3.75. The SMILES string of the molecule is C#Cc1ccn2nc([C@@H]3[C@@H](C)CN3c3nc(N)ncc3C(C)=O)n(-c3ccccc3)c(=O)c12.S.S. The average Bonchev–Trinajstić information content (AvgIpc) is 3.21. The van der Waals surface area contributed by atoms with E-state index in [9.17, 15) is 9.59 Å². The predicted molar refractivity (Wildman–Crippen MR) is 145 cm³/mol. The molecular formula is C24H25N7O2S2. The van der Waals surface area contributed by atoms with E-state index in [1.807, 2.05) is 35.2 Å². The number of para-hydroxylation sites is 1. The first-order chi connectivity index (χ1) is 15.9. The Morgan fingerprint density at radius 3 is 2.54 bits per heavy atom. The van der Waals surface area contributed by atoms with Crippen LogP contribution in [0.15, 0.2) is 53.6 Å². The van der Waals surface area contributed by atoms with Gasteiger partial charge in [-0.2, -0.15) is 37.1 Å². The molecule has 1 aliphatic heterocycles. The number of benzene rings is 1. The third kappa shape index (κ3) is 4.15. The van der Waals surface area contributed by atoms with Crippen molar-refractivity contribution in [3.8, 4) is 18.0 Å². The number of hydrogen-bond donors (Lipinski definition) is 1. The van der Waals surface area contributed by atoms with Gasteiger partial charge in [-0.1, -0.05) is 31.0 Å². The van der Waals surface area contributed by atoms with Crippen molar-refractivity contribution < 1.29 is 4.79 Å². The summed E-state index contributed by atoms with van der Waals surface area (Å²) in [4.78, 5) is 36.2. The number of nitrogens with two attached hydrogens (primary N) is 1. The van der Waals surface area contributed by atoms with E-state index in [0.717, 1.165) is 0 Å². The molecule has 0 unspecified atom stereocenters. The van der Waals surface area contributed by atoms with Gasteiger partial charge in [0.2, 0.25) is 5.95 Å². The monoisotopic (exact) mass is 507 g/mol.